The molecule has 2 nitrogen and oxygen atoms in total. The van der Waals surface area contributed by atoms with Crippen LogP contribution in [0.25, 0.3) is 10.8 Å². The Labute approximate surface area is 298 Å². The Bertz CT molecular complexity index is 1530. The maximum Gasteiger partial charge on any atom is 0.217 e. The van der Waals surface area contributed by atoms with Crippen LogP contribution in [0.15, 0.2) is 133 Å². The fourth-order valence-corrected chi connectivity index (χ4v) is 7.84. The molecule has 3 heteroatoms. The Hall–Kier alpha value is -3.95. The fourth-order valence-electron chi connectivity index (χ4n) is 7.84. The first-order valence-corrected chi connectivity index (χ1v) is 19.2. The second-order valence-corrected chi connectivity index (χ2v) is 14.1. The van der Waals surface area contributed by atoms with Gasteiger partial charge in [0.15, 0.2) is 0 Å². The SMILES string of the molecule is CCCC[B-](c1ccccc1)(c1ccccc1)c1ccccc1.CCCC[N+](CCCC)(CCCC)CC(=O)c1cccc2ccccc12. The Balaban J connectivity index is 0.000000222. The molecule has 0 radical (unpaired) electrons. The van der Waals surface area contributed by atoms with E-state index < -0.39 is 6.15 Å². The molecule has 5 aromatic carbocycles. The van der Waals surface area contributed by atoms with Crippen LogP contribution in [-0.4, -0.2) is 42.6 Å². The van der Waals surface area contributed by atoms with Gasteiger partial charge in [-0.25, -0.2) is 0 Å². The van der Waals surface area contributed by atoms with Crippen molar-refractivity contribution in [1.29, 1.82) is 0 Å². The van der Waals surface area contributed by atoms with Crippen LogP contribution >= 0.6 is 0 Å². The average Bonchev–Trinajstić information content (AvgIpc) is 3.17. The van der Waals surface area contributed by atoms with Crippen molar-refractivity contribution in [3.63, 3.8) is 0 Å². The third kappa shape index (κ3) is 10.0. The molecule has 258 valence electrons. The highest BCUT2D eigenvalue weighted by molar-refractivity contribution is 7.11. The van der Waals surface area contributed by atoms with Crippen LogP contribution in [0.2, 0.25) is 6.32 Å². The van der Waals surface area contributed by atoms with Crippen molar-refractivity contribution in [1.82, 2.24) is 0 Å². The van der Waals surface area contributed by atoms with Crippen molar-refractivity contribution in [2.45, 2.75) is 85.4 Å². The summed E-state index contributed by atoms with van der Waals surface area (Å²) in [4.78, 5) is 13.3. The number of nitrogens with zero attached hydrogens (tertiary/aromatic N) is 1. The van der Waals surface area contributed by atoms with Gasteiger partial charge in [0.25, 0.3) is 0 Å². The van der Waals surface area contributed by atoms with E-state index in [1.165, 1.54) is 74.1 Å². The minimum Gasteiger partial charge on any atom is -0.317 e. The lowest BCUT2D eigenvalue weighted by Gasteiger charge is -2.43. The van der Waals surface area contributed by atoms with Gasteiger partial charge in [-0.15, -0.1) is 0 Å². The van der Waals surface area contributed by atoms with Crippen LogP contribution in [0, 0.1) is 0 Å². The molecule has 0 saturated heterocycles. The summed E-state index contributed by atoms with van der Waals surface area (Å²) in [6, 6.07) is 47.6. The Kier molecular flexibility index (Phi) is 15.4. The molecular weight excluding hydrogens is 593 g/mol. The molecule has 0 saturated carbocycles. The van der Waals surface area contributed by atoms with E-state index in [2.05, 4.69) is 137 Å². The molecule has 5 aromatic rings. The number of fused-ring (bicyclic) bond motifs is 1. The lowest BCUT2D eigenvalue weighted by atomic mass is 9.14. The number of unbranched alkanes of at least 4 members (excludes halogenated alkanes) is 4. The van der Waals surface area contributed by atoms with Crippen LogP contribution in [0.3, 0.4) is 0 Å². The molecule has 49 heavy (non-hydrogen) atoms. The van der Waals surface area contributed by atoms with E-state index in [0.717, 1.165) is 40.5 Å². The maximum absolute atomic E-state index is 13.3. The van der Waals surface area contributed by atoms with Crippen molar-refractivity contribution in [3.8, 4) is 0 Å². The summed E-state index contributed by atoms with van der Waals surface area (Å²) in [7, 11) is 0. The predicted octanol–water partition coefficient (Wildman–Crippen LogP) is 10.2. The molecule has 0 unspecified atom stereocenters. The summed E-state index contributed by atoms with van der Waals surface area (Å²) < 4.78 is 0.970. The van der Waals surface area contributed by atoms with Gasteiger partial charge in [-0.2, -0.15) is 22.7 Å². The van der Waals surface area contributed by atoms with E-state index in [4.69, 9.17) is 0 Å². The molecule has 0 aliphatic carbocycles. The molecule has 0 bridgehead atoms. The molecule has 0 aliphatic rings. The predicted molar refractivity (Wildman–Crippen MR) is 216 cm³/mol. The first kappa shape index (κ1) is 37.9. The third-order valence-corrected chi connectivity index (χ3v) is 10.6. The Morgan fingerprint density at radius 1 is 0.490 bits per heavy atom. The van der Waals surface area contributed by atoms with Crippen LogP contribution in [0.4, 0.5) is 0 Å². The van der Waals surface area contributed by atoms with Crippen LogP contribution in [0.5, 0.6) is 0 Å². The second-order valence-electron chi connectivity index (χ2n) is 14.1. The molecule has 0 atom stereocenters. The van der Waals surface area contributed by atoms with Gasteiger partial charge in [-0.1, -0.05) is 193 Å². The summed E-state index contributed by atoms with van der Waals surface area (Å²) in [5, 5.41) is 2.26. The zero-order valence-electron chi connectivity index (χ0n) is 30.8. The average molecular weight is 654 g/mol. The van der Waals surface area contributed by atoms with Crippen LogP contribution < -0.4 is 16.4 Å². The second kappa shape index (κ2) is 19.9. The van der Waals surface area contributed by atoms with E-state index >= 15 is 0 Å². The highest BCUT2D eigenvalue weighted by Crippen LogP contribution is 2.22. The number of Topliss-reactive ketones (excluding diaryl/α,β-unsaturated/α-hetero) is 1. The Morgan fingerprint density at radius 2 is 0.898 bits per heavy atom. The number of rotatable bonds is 18. The number of carbonyl (C=O) groups excluding carboxylic acids is 1. The minimum atomic E-state index is -0.913. The van der Waals surface area contributed by atoms with Crippen LogP contribution in [0.1, 0.15) is 89.4 Å². The molecule has 0 spiro atoms. The van der Waals surface area contributed by atoms with Gasteiger partial charge < -0.3 is 4.48 Å². The normalized spacial score (nSPS) is 11.6. The molecule has 5 rings (SSSR count). The zero-order chi connectivity index (χ0) is 34.8. The standard InChI is InChI=1S/C24H36NO.C22H24B/c1-4-7-17-25(18-8-5-2,19-9-6-3)20-24(26)23-16-12-14-21-13-10-11-15-22(21)23;1-2-3-19-23(20-13-7-4-8-14-20,21-15-9-5-10-16-21)22-17-11-6-12-18-22/h10-16H,4-9,17-20H2,1-3H3;4-18H,2-3,19H2,1H3/q+1;-1. The van der Waals surface area contributed by atoms with E-state index in [-0.39, 0.29) is 0 Å². The van der Waals surface area contributed by atoms with Gasteiger partial charge in [0.2, 0.25) is 5.78 Å². The Morgan fingerprint density at radius 3 is 1.35 bits per heavy atom. The van der Waals surface area contributed by atoms with Gasteiger partial charge in [-0.05, 0) is 30.0 Å². The molecule has 0 N–H and O–H groups in total. The van der Waals surface area contributed by atoms with Crippen molar-refractivity contribution in [2.24, 2.45) is 0 Å². The first-order chi connectivity index (χ1) is 24.0. The number of benzene rings is 5. The van der Waals surface area contributed by atoms with Gasteiger partial charge in [-0.3, -0.25) is 4.79 Å². The number of carbonyl (C=O) groups is 1. The lowest BCUT2D eigenvalue weighted by molar-refractivity contribution is -0.921. The molecule has 0 fully saturated rings. The summed E-state index contributed by atoms with van der Waals surface area (Å²) in [5.41, 5.74) is 5.23. The van der Waals surface area contributed by atoms with Crippen molar-refractivity contribution >= 4 is 39.1 Å². The third-order valence-electron chi connectivity index (χ3n) is 10.6. The smallest absolute Gasteiger partial charge is 0.217 e. The van der Waals surface area contributed by atoms with E-state index in [9.17, 15) is 4.79 Å². The number of quaternary nitrogens is 1. The van der Waals surface area contributed by atoms with Crippen molar-refractivity contribution in [2.75, 3.05) is 26.2 Å². The van der Waals surface area contributed by atoms with Gasteiger partial charge in [0.1, 0.15) is 6.54 Å². The quantitative estimate of drug-likeness (QED) is 0.0523. The topological polar surface area (TPSA) is 17.1 Å². The number of hydrogen-bond acceptors (Lipinski definition) is 1. The number of hydrogen-bond donors (Lipinski definition) is 0. The zero-order valence-corrected chi connectivity index (χ0v) is 30.8. The highest BCUT2D eigenvalue weighted by Gasteiger charge is 2.30. The summed E-state index contributed by atoms with van der Waals surface area (Å²) in [5.74, 6) is 0.310. The van der Waals surface area contributed by atoms with Gasteiger partial charge >= 0.3 is 0 Å². The first-order valence-electron chi connectivity index (χ1n) is 19.2. The highest BCUT2D eigenvalue weighted by atomic mass is 16.1. The van der Waals surface area contributed by atoms with E-state index in [0.29, 0.717) is 12.3 Å². The van der Waals surface area contributed by atoms with Crippen molar-refractivity contribution in [3.05, 3.63) is 139 Å². The lowest BCUT2D eigenvalue weighted by Crippen LogP contribution is -2.66. The molecular formula is C46H60BNO. The monoisotopic (exact) mass is 653 g/mol. The summed E-state index contributed by atoms with van der Waals surface area (Å²) >= 11 is 0. The molecule has 0 heterocycles. The fraction of sp³-hybridized carbons (Fsp3) is 0.370. The largest absolute Gasteiger partial charge is 0.317 e. The van der Waals surface area contributed by atoms with Crippen LogP contribution in [-0.2, 0) is 0 Å². The van der Waals surface area contributed by atoms with E-state index in [1.807, 2.05) is 24.3 Å². The van der Waals surface area contributed by atoms with E-state index in [1.54, 1.807) is 0 Å². The summed E-state index contributed by atoms with van der Waals surface area (Å²) in [6.07, 6.45) is 9.93. The van der Waals surface area contributed by atoms with Gasteiger partial charge in [0.05, 0.1) is 25.8 Å². The minimum absolute atomic E-state index is 0.310. The maximum atomic E-state index is 13.3. The van der Waals surface area contributed by atoms with Crippen molar-refractivity contribution < 1.29 is 9.28 Å². The molecule has 0 aromatic heterocycles. The molecule has 0 amide bonds. The molecule has 0 aliphatic heterocycles. The van der Waals surface area contributed by atoms with Gasteiger partial charge in [0, 0.05) is 5.56 Å². The summed E-state index contributed by atoms with van der Waals surface area (Å²) in [6.45, 7) is 13.1. The number of ketones is 1.